The van der Waals surface area contributed by atoms with Crippen LogP contribution in [0.2, 0.25) is 5.28 Å². The number of furan rings is 1. The van der Waals surface area contributed by atoms with Gasteiger partial charge in [-0.15, -0.1) is 0 Å². The monoisotopic (exact) mass is 194 g/mol. The molecule has 0 bridgehead atoms. The Labute approximate surface area is 80.4 Å². The van der Waals surface area contributed by atoms with Crippen LogP contribution in [0.25, 0.3) is 11.3 Å². The average Bonchev–Trinajstić information content (AvgIpc) is 2.61. The Kier molecular flexibility index (Phi) is 2.02. The second kappa shape index (κ2) is 3.18. The van der Waals surface area contributed by atoms with Crippen LogP contribution in [-0.2, 0) is 0 Å². The van der Waals surface area contributed by atoms with E-state index in [0.717, 1.165) is 16.8 Å². The fourth-order valence-corrected chi connectivity index (χ4v) is 1.25. The van der Waals surface area contributed by atoms with Gasteiger partial charge in [0, 0.05) is 11.8 Å². The van der Waals surface area contributed by atoms with Crippen LogP contribution < -0.4 is 0 Å². The van der Waals surface area contributed by atoms with E-state index >= 15 is 0 Å². The van der Waals surface area contributed by atoms with E-state index in [0.29, 0.717) is 0 Å². The normalized spacial score (nSPS) is 10.3. The van der Waals surface area contributed by atoms with Crippen LogP contribution in [-0.4, -0.2) is 9.97 Å². The summed E-state index contributed by atoms with van der Waals surface area (Å²) >= 11 is 5.68. The highest BCUT2D eigenvalue weighted by atomic mass is 35.5. The number of hydrogen-bond donors (Lipinski definition) is 0. The van der Waals surface area contributed by atoms with Crippen LogP contribution in [0.5, 0.6) is 0 Å². The third-order valence-corrected chi connectivity index (χ3v) is 1.92. The minimum Gasteiger partial charge on any atom is -0.472 e. The SMILES string of the molecule is Cc1cnc(Cl)nc1-c1ccoc1. The number of aromatic nitrogens is 2. The topological polar surface area (TPSA) is 38.9 Å². The van der Waals surface area contributed by atoms with E-state index in [1.165, 1.54) is 0 Å². The van der Waals surface area contributed by atoms with Crippen LogP contribution >= 0.6 is 11.6 Å². The van der Waals surface area contributed by atoms with Gasteiger partial charge in [-0.25, -0.2) is 9.97 Å². The Bertz CT molecular complexity index is 412. The lowest BCUT2D eigenvalue weighted by Gasteiger charge is -2.00. The fourth-order valence-electron chi connectivity index (χ4n) is 1.11. The van der Waals surface area contributed by atoms with Crippen molar-refractivity contribution in [3.05, 3.63) is 35.6 Å². The zero-order valence-corrected chi connectivity index (χ0v) is 7.75. The number of rotatable bonds is 1. The van der Waals surface area contributed by atoms with E-state index < -0.39 is 0 Å². The molecular formula is C9H7ClN2O. The summed E-state index contributed by atoms with van der Waals surface area (Å²) in [6, 6.07) is 1.84. The Morgan fingerprint density at radius 2 is 2.31 bits per heavy atom. The minimum absolute atomic E-state index is 0.252. The molecule has 0 radical (unpaired) electrons. The highest BCUT2D eigenvalue weighted by molar-refractivity contribution is 6.28. The molecule has 0 aliphatic carbocycles. The van der Waals surface area contributed by atoms with Gasteiger partial charge >= 0.3 is 0 Å². The van der Waals surface area contributed by atoms with Crippen LogP contribution in [0.3, 0.4) is 0 Å². The van der Waals surface area contributed by atoms with Gasteiger partial charge in [0.2, 0.25) is 5.28 Å². The van der Waals surface area contributed by atoms with Crippen molar-refractivity contribution in [3.8, 4) is 11.3 Å². The van der Waals surface area contributed by atoms with E-state index in [-0.39, 0.29) is 5.28 Å². The smallest absolute Gasteiger partial charge is 0.222 e. The van der Waals surface area contributed by atoms with Crippen LogP contribution in [0.15, 0.2) is 29.2 Å². The van der Waals surface area contributed by atoms with E-state index in [9.17, 15) is 0 Å². The van der Waals surface area contributed by atoms with Crippen LogP contribution in [0.4, 0.5) is 0 Å². The molecule has 66 valence electrons. The molecule has 3 nitrogen and oxygen atoms in total. The largest absolute Gasteiger partial charge is 0.472 e. The van der Waals surface area contributed by atoms with Crippen molar-refractivity contribution < 1.29 is 4.42 Å². The number of nitrogens with zero attached hydrogens (tertiary/aromatic N) is 2. The predicted molar refractivity (Wildman–Crippen MR) is 49.5 cm³/mol. The molecule has 2 aromatic heterocycles. The van der Waals surface area contributed by atoms with Gasteiger partial charge < -0.3 is 4.42 Å². The summed E-state index contributed by atoms with van der Waals surface area (Å²) in [5.74, 6) is 0. The Morgan fingerprint density at radius 3 is 3.00 bits per heavy atom. The van der Waals surface area contributed by atoms with Crippen molar-refractivity contribution in [2.75, 3.05) is 0 Å². The van der Waals surface area contributed by atoms with Crippen molar-refractivity contribution in [1.82, 2.24) is 9.97 Å². The molecule has 13 heavy (non-hydrogen) atoms. The predicted octanol–water partition coefficient (Wildman–Crippen LogP) is 2.70. The lowest BCUT2D eigenvalue weighted by atomic mass is 10.1. The third-order valence-electron chi connectivity index (χ3n) is 1.74. The van der Waals surface area contributed by atoms with Gasteiger partial charge in [0.05, 0.1) is 18.2 Å². The summed E-state index contributed by atoms with van der Waals surface area (Å²) in [4.78, 5) is 7.98. The second-order valence-electron chi connectivity index (χ2n) is 2.68. The number of aryl methyl sites for hydroxylation is 1. The Balaban J connectivity index is 2.57. The average molecular weight is 195 g/mol. The van der Waals surface area contributed by atoms with Gasteiger partial charge in [-0.1, -0.05) is 0 Å². The molecule has 0 aromatic carbocycles. The standard InChI is InChI=1S/C9H7ClN2O/c1-6-4-11-9(10)12-8(6)7-2-3-13-5-7/h2-5H,1H3. The van der Waals surface area contributed by atoms with Gasteiger partial charge in [-0.05, 0) is 30.2 Å². The molecule has 0 aliphatic heterocycles. The van der Waals surface area contributed by atoms with E-state index in [1.54, 1.807) is 18.7 Å². The maximum Gasteiger partial charge on any atom is 0.222 e. The van der Waals surface area contributed by atoms with Gasteiger partial charge in [0.15, 0.2) is 0 Å². The summed E-state index contributed by atoms with van der Waals surface area (Å²) in [5, 5.41) is 0.252. The molecule has 0 saturated heterocycles. The maximum atomic E-state index is 5.68. The van der Waals surface area contributed by atoms with Crippen molar-refractivity contribution in [2.45, 2.75) is 6.92 Å². The lowest BCUT2D eigenvalue weighted by Crippen LogP contribution is -1.89. The first-order valence-electron chi connectivity index (χ1n) is 3.79. The quantitative estimate of drug-likeness (QED) is 0.656. The molecule has 0 saturated carbocycles. The van der Waals surface area contributed by atoms with Gasteiger partial charge in [-0.3, -0.25) is 0 Å². The maximum absolute atomic E-state index is 5.68. The molecule has 2 rings (SSSR count). The van der Waals surface area contributed by atoms with Crippen molar-refractivity contribution in [1.29, 1.82) is 0 Å². The van der Waals surface area contributed by atoms with E-state index in [4.69, 9.17) is 16.0 Å². The fraction of sp³-hybridized carbons (Fsp3) is 0.111. The zero-order chi connectivity index (χ0) is 9.26. The van der Waals surface area contributed by atoms with Gasteiger partial charge in [0.25, 0.3) is 0 Å². The second-order valence-corrected chi connectivity index (χ2v) is 3.02. The zero-order valence-electron chi connectivity index (χ0n) is 6.99. The first kappa shape index (κ1) is 8.26. The molecule has 0 spiro atoms. The van der Waals surface area contributed by atoms with Gasteiger partial charge in [-0.2, -0.15) is 0 Å². The van der Waals surface area contributed by atoms with Gasteiger partial charge in [0.1, 0.15) is 0 Å². The molecule has 2 aromatic rings. The molecular weight excluding hydrogens is 188 g/mol. The Hall–Kier alpha value is -1.35. The minimum atomic E-state index is 0.252. The summed E-state index contributed by atoms with van der Waals surface area (Å²) in [5.41, 5.74) is 2.71. The highest BCUT2D eigenvalue weighted by Gasteiger charge is 2.05. The van der Waals surface area contributed by atoms with Crippen molar-refractivity contribution in [3.63, 3.8) is 0 Å². The first-order chi connectivity index (χ1) is 6.27. The van der Waals surface area contributed by atoms with E-state index in [2.05, 4.69) is 9.97 Å². The summed E-state index contributed by atoms with van der Waals surface area (Å²) < 4.78 is 4.96. The number of hydrogen-bond acceptors (Lipinski definition) is 3. The van der Waals surface area contributed by atoms with Crippen LogP contribution in [0.1, 0.15) is 5.56 Å². The molecule has 4 heteroatoms. The molecule has 0 aliphatic rings. The van der Waals surface area contributed by atoms with Crippen molar-refractivity contribution in [2.24, 2.45) is 0 Å². The molecule has 0 amide bonds. The number of halogens is 1. The first-order valence-corrected chi connectivity index (χ1v) is 4.17. The highest BCUT2D eigenvalue weighted by Crippen LogP contribution is 2.21. The molecule has 0 fully saturated rings. The summed E-state index contributed by atoms with van der Waals surface area (Å²) in [6.45, 7) is 1.93. The van der Waals surface area contributed by atoms with Crippen molar-refractivity contribution >= 4 is 11.6 Å². The van der Waals surface area contributed by atoms with Crippen LogP contribution in [0, 0.1) is 6.92 Å². The Morgan fingerprint density at radius 1 is 1.46 bits per heavy atom. The summed E-state index contributed by atoms with van der Waals surface area (Å²) in [7, 11) is 0. The molecule has 2 heterocycles. The summed E-state index contributed by atoms with van der Waals surface area (Å²) in [6.07, 6.45) is 4.92. The lowest BCUT2D eigenvalue weighted by molar-refractivity contribution is 0.568. The molecule has 0 atom stereocenters. The van der Waals surface area contributed by atoms with E-state index in [1.807, 2.05) is 13.0 Å². The molecule has 0 unspecified atom stereocenters. The molecule has 0 N–H and O–H groups in total. The third kappa shape index (κ3) is 1.55.